The molecule has 0 aliphatic heterocycles. The lowest BCUT2D eigenvalue weighted by Crippen LogP contribution is -1.74. The second-order valence-corrected chi connectivity index (χ2v) is 8.42. The van der Waals surface area contributed by atoms with Crippen LogP contribution in [0.15, 0.2) is 83.9 Å². The van der Waals surface area contributed by atoms with Gasteiger partial charge in [-0.2, -0.15) is 0 Å². The molecular weight excluding hydrogens is 372 g/mol. The Morgan fingerprint density at radius 3 is 0.806 bits per heavy atom. The van der Waals surface area contributed by atoms with Gasteiger partial charge in [0.25, 0.3) is 0 Å². The van der Waals surface area contributed by atoms with Gasteiger partial charge in [-0.1, -0.05) is 126 Å². The minimum Gasteiger partial charge on any atom is -0.0776 e. The van der Waals surface area contributed by atoms with E-state index in [1.165, 1.54) is 44.5 Å². The van der Waals surface area contributed by atoms with Crippen molar-refractivity contribution in [3.05, 3.63) is 117 Å². The van der Waals surface area contributed by atoms with E-state index < -0.39 is 0 Å². The predicted molar refractivity (Wildman–Crippen MR) is 144 cm³/mol. The number of hydrogen-bond acceptors (Lipinski definition) is 0. The van der Waals surface area contributed by atoms with Crippen LogP contribution in [0, 0.1) is 27.7 Å². The van der Waals surface area contributed by atoms with Crippen LogP contribution in [-0.4, -0.2) is 0 Å². The Balaban J connectivity index is 0.000000434. The minimum absolute atomic E-state index is 0. The van der Waals surface area contributed by atoms with Crippen molar-refractivity contribution in [2.75, 3.05) is 0 Å². The molecule has 0 heteroatoms. The summed E-state index contributed by atoms with van der Waals surface area (Å²) >= 11 is 0. The van der Waals surface area contributed by atoms with Gasteiger partial charge in [-0.05, 0) is 66.5 Å². The lowest BCUT2D eigenvalue weighted by Gasteiger charge is -1.95. The number of aryl methyl sites for hydroxylation is 4. The first-order valence-electron chi connectivity index (χ1n) is 10.6. The maximum Gasteiger partial charge on any atom is -0.0257 e. The molecule has 166 valence electrons. The molecule has 0 aliphatic carbocycles. The summed E-state index contributed by atoms with van der Waals surface area (Å²) in [6, 6.07) is 25.6. The van der Waals surface area contributed by atoms with Gasteiger partial charge in [-0.25, -0.2) is 0 Å². The molecule has 0 saturated heterocycles. The molecule has 0 N–H and O–H groups in total. The molecule has 3 aromatic carbocycles. The summed E-state index contributed by atoms with van der Waals surface area (Å²) in [6.45, 7) is 16.8. The van der Waals surface area contributed by atoms with Crippen molar-refractivity contribution in [2.45, 2.75) is 62.8 Å². The molecule has 3 rings (SSSR count). The van der Waals surface area contributed by atoms with E-state index in [-0.39, 0.29) is 7.43 Å². The van der Waals surface area contributed by atoms with Crippen molar-refractivity contribution in [1.82, 2.24) is 0 Å². The summed E-state index contributed by atoms with van der Waals surface area (Å²) in [6.07, 6.45) is 4.36. The van der Waals surface area contributed by atoms with Gasteiger partial charge in [-0.15, -0.1) is 0 Å². The first-order valence-corrected chi connectivity index (χ1v) is 10.6. The van der Waals surface area contributed by atoms with Crippen molar-refractivity contribution in [3.8, 4) is 0 Å². The molecule has 31 heavy (non-hydrogen) atoms. The quantitative estimate of drug-likeness (QED) is 0.391. The van der Waals surface area contributed by atoms with Crippen molar-refractivity contribution in [1.29, 1.82) is 0 Å². The van der Waals surface area contributed by atoms with E-state index in [0.717, 1.165) is 0 Å². The summed E-state index contributed by atoms with van der Waals surface area (Å²) in [5.41, 5.74) is 10.5. The number of allylic oxidation sites excluding steroid dienone is 2. The highest BCUT2D eigenvalue weighted by atomic mass is 13.9. The van der Waals surface area contributed by atoms with Gasteiger partial charge in [-0.3, -0.25) is 0 Å². The standard InChI is InChI=1S/2C11H14.C8H10.CH4/c2*1-9(2)8-11-6-4-10(3)5-7-11;1-7-3-5-8(2)6-4-7;/h2*4-8H,1-3H3;3-6H,1-2H3;1H4. The van der Waals surface area contributed by atoms with E-state index in [4.69, 9.17) is 0 Å². The fraction of sp³-hybridized carbons (Fsp3) is 0.290. The van der Waals surface area contributed by atoms with Gasteiger partial charge in [0.2, 0.25) is 0 Å². The van der Waals surface area contributed by atoms with E-state index in [0.29, 0.717) is 0 Å². The summed E-state index contributed by atoms with van der Waals surface area (Å²) < 4.78 is 0. The van der Waals surface area contributed by atoms with Crippen LogP contribution in [0.2, 0.25) is 0 Å². The van der Waals surface area contributed by atoms with Crippen LogP contribution in [0.4, 0.5) is 0 Å². The van der Waals surface area contributed by atoms with Gasteiger partial charge in [0.1, 0.15) is 0 Å². The smallest absolute Gasteiger partial charge is 0.0257 e. The molecule has 0 fully saturated rings. The van der Waals surface area contributed by atoms with Crippen LogP contribution in [0.3, 0.4) is 0 Å². The fourth-order valence-corrected chi connectivity index (χ4v) is 2.63. The Labute approximate surface area is 192 Å². The molecule has 0 saturated carbocycles. The molecule has 0 nitrogen and oxygen atoms in total. The molecule has 0 unspecified atom stereocenters. The van der Waals surface area contributed by atoms with Crippen molar-refractivity contribution in [2.24, 2.45) is 0 Å². The molecule has 0 bridgehead atoms. The lowest BCUT2D eigenvalue weighted by atomic mass is 10.1. The van der Waals surface area contributed by atoms with E-state index in [1.54, 1.807) is 0 Å². The molecule has 0 heterocycles. The lowest BCUT2D eigenvalue weighted by molar-refractivity contribution is 1.40. The summed E-state index contributed by atoms with van der Waals surface area (Å²) in [5, 5.41) is 0. The van der Waals surface area contributed by atoms with Crippen LogP contribution in [0.1, 0.15) is 68.5 Å². The van der Waals surface area contributed by atoms with Crippen LogP contribution in [-0.2, 0) is 0 Å². The van der Waals surface area contributed by atoms with Crippen molar-refractivity contribution < 1.29 is 0 Å². The Hall–Kier alpha value is -2.86. The average molecular weight is 415 g/mol. The van der Waals surface area contributed by atoms with Crippen LogP contribution in [0.25, 0.3) is 12.2 Å². The van der Waals surface area contributed by atoms with Crippen molar-refractivity contribution in [3.63, 3.8) is 0 Å². The molecule has 0 aromatic heterocycles. The third-order valence-corrected chi connectivity index (χ3v) is 4.28. The molecule has 0 spiro atoms. The Bertz CT molecular complexity index is 830. The zero-order valence-corrected chi connectivity index (χ0v) is 20.1. The van der Waals surface area contributed by atoms with Gasteiger partial charge in [0, 0.05) is 0 Å². The average Bonchev–Trinajstić information content (AvgIpc) is 2.68. The minimum atomic E-state index is 0. The normalized spacial score (nSPS) is 9.03. The largest absolute Gasteiger partial charge is 0.0776 e. The highest BCUT2D eigenvalue weighted by molar-refractivity contribution is 5.52. The van der Waals surface area contributed by atoms with Crippen LogP contribution >= 0.6 is 0 Å². The second-order valence-electron chi connectivity index (χ2n) is 8.42. The van der Waals surface area contributed by atoms with Gasteiger partial charge < -0.3 is 0 Å². The highest BCUT2D eigenvalue weighted by Crippen LogP contribution is 2.08. The van der Waals surface area contributed by atoms with E-state index >= 15 is 0 Å². The molecule has 0 radical (unpaired) electrons. The zero-order chi connectivity index (χ0) is 22.5. The number of hydrogen-bond donors (Lipinski definition) is 0. The highest BCUT2D eigenvalue weighted by Gasteiger charge is 1.87. The monoisotopic (exact) mass is 414 g/mol. The number of benzene rings is 3. The van der Waals surface area contributed by atoms with Gasteiger partial charge in [0.15, 0.2) is 0 Å². The van der Waals surface area contributed by atoms with Gasteiger partial charge >= 0.3 is 0 Å². The van der Waals surface area contributed by atoms with E-state index in [9.17, 15) is 0 Å². The van der Waals surface area contributed by atoms with Crippen LogP contribution < -0.4 is 0 Å². The van der Waals surface area contributed by atoms with Crippen molar-refractivity contribution >= 4 is 12.2 Å². The van der Waals surface area contributed by atoms with Gasteiger partial charge in [0.05, 0.1) is 0 Å². The Morgan fingerprint density at radius 1 is 0.419 bits per heavy atom. The summed E-state index contributed by atoms with van der Waals surface area (Å²) in [7, 11) is 0. The topological polar surface area (TPSA) is 0 Å². The molecule has 3 aromatic rings. The predicted octanol–water partition coefficient (Wildman–Crippen LogP) is 9.78. The second kappa shape index (κ2) is 15.0. The molecular formula is C31H42. The third-order valence-electron chi connectivity index (χ3n) is 4.28. The molecule has 0 aliphatic rings. The third kappa shape index (κ3) is 13.9. The summed E-state index contributed by atoms with van der Waals surface area (Å²) in [5.74, 6) is 0. The maximum atomic E-state index is 2.18. The van der Waals surface area contributed by atoms with E-state index in [1.807, 2.05) is 0 Å². The molecule has 0 amide bonds. The summed E-state index contributed by atoms with van der Waals surface area (Å²) in [4.78, 5) is 0. The van der Waals surface area contributed by atoms with E-state index in [2.05, 4.69) is 140 Å². The maximum absolute atomic E-state index is 2.18. The zero-order valence-electron chi connectivity index (χ0n) is 20.1. The number of rotatable bonds is 2. The Morgan fingerprint density at radius 2 is 0.613 bits per heavy atom. The first-order chi connectivity index (χ1) is 14.2. The van der Waals surface area contributed by atoms with Crippen LogP contribution in [0.5, 0.6) is 0 Å². The first kappa shape index (κ1) is 28.1. The Kier molecular flexibility index (Phi) is 13.6. The molecule has 0 atom stereocenters. The fourth-order valence-electron chi connectivity index (χ4n) is 2.63. The SMILES string of the molecule is C.CC(C)=Cc1ccc(C)cc1.CC(C)=Cc1ccc(C)cc1.Cc1ccc(C)cc1.